The van der Waals surface area contributed by atoms with Crippen LogP contribution in [0, 0.1) is 0 Å². The van der Waals surface area contributed by atoms with E-state index >= 15 is 0 Å². The third-order valence-electron chi connectivity index (χ3n) is 17.7. The Kier molecular flexibility index (Phi) is 11.0. The molecule has 1 N–H and O–H groups in total. The number of hydrogen-bond acceptors (Lipinski definition) is 2. The van der Waals surface area contributed by atoms with E-state index in [1.165, 1.54) is 87.8 Å². The van der Waals surface area contributed by atoms with E-state index < -0.39 is 5.41 Å². The molecule has 14 aromatic rings. The fourth-order valence-electron chi connectivity index (χ4n) is 13.5. The van der Waals surface area contributed by atoms with Crippen molar-refractivity contribution < 1.29 is 0 Å². The summed E-state index contributed by atoms with van der Waals surface area (Å²) in [5, 5.41) is 7.29. The quantitative estimate of drug-likeness (QED) is 0.164. The van der Waals surface area contributed by atoms with Gasteiger partial charge in [-0.1, -0.05) is 177 Å². The SMILES string of the molecule is CC(C)(C)c1ccc(N(c2ccc3c(c2)C(C)(C)c2cc(N(c4ccc(C(C)(C)C)cc4)c4ccc5c(c4)c4ccccc4n5-c4ccccc4)c4c([nH]c5ccccc54)c2-3)c2ccc3c(c2)c2ccccc2n3-c2ccccc2)cc1. The number of rotatable bonds is 8. The molecule has 1 aliphatic carbocycles. The van der Waals surface area contributed by atoms with Crippen LogP contribution in [0.25, 0.3) is 87.9 Å². The third-order valence-corrected chi connectivity index (χ3v) is 17.7. The van der Waals surface area contributed by atoms with Gasteiger partial charge >= 0.3 is 0 Å². The monoisotopic (exact) mass is 1060 g/mol. The molecule has 15 rings (SSSR count). The average molecular weight is 1060 g/mol. The topological polar surface area (TPSA) is 32.1 Å². The Bertz CT molecular complexity index is 4830. The zero-order valence-corrected chi connectivity index (χ0v) is 47.9. The third kappa shape index (κ3) is 7.66. The Balaban J connectivity index is 0.942. The van der Waals surface area contributed by atoms with E-state index in [9.17, 15) is 0 Å². The first kappa shape index (κ1) is 49.5. The van der Waals surface area contributed by atoms with Crippen molar-refractivity contribution in [3.63, 3.8) is 0 Å². The molecule has 5 nitrogen and oxygen atoms in total. The molecule has 0 aliphatic heterocycles. The summed E-state index contributed by atoms with van der Waals surface area (Å²) in [5.74, 6) is 0. The number of benzene rings is 11. The van der Waals surface area contributed by atoms with Gasteiger partial charge < -0.3 is 23.9 Å². The second-order valence-corrected chi connectivity index (χ2v) is 25.1. The highest BCUT2D eigenvalue weighted by molar-refractivity contribution is 6.21. The second-order valence-electron chi connectivity index (χ2n) is 25.1. The van der Waals surface area contributed by atoms with Gasteiger partial charge in [0.15, 0.2) is 0 Å². The van der Waals surface area contributed by atoms with E-state index in [4.69, 9.17) is 0 Å². The van der Waals surface area contributed by atoms with Crippen LogP contribution in [-0.2, 0) is 16.2 Å². The van der Waals surface area contributed by atoms with E-state index in [1.807, 2.05) is 0 Å². The zero-order chi connectivity index (χ0) is 55.8. The highest BCUT2D eigenvalue weighted by Crippen LogP contribution is 2.57. The van der Waals surface area contributed by atoms with Crippen LogP contribution in [0.5, 0.6) is 0 Å². The van der Waals surface area contributed by atoms with E-state index in [0.29, 0.717) is 0 Å². The molecule has 0 bridgehead atoms. The van der Waals surface area contributed by atoms with Crippen LogP contribution in [0.3, 0.4) is 0 Å². The number of aromatic nitrogens is 3. The summed E-state index contributed by atoms with van der Waals surface area (Å²) in [4.78, 5) is 9.07. The van der Waals surface area contributed by atoms with Gasteiger partial charge in [-0.05, 0) is 160 Å². The van der Waals surface area contributed by atoms with Crippen LogP contribution in [0.4, 0.5) is 34.1 Å². The van der Waals surface area contributed by atoms with Gasteiger partial charge in [0.05, 0.1) is 33.3 Å². The van der Waals surface area contributed by atoms with Crippen molar-refractivity contribution in [1.29, 1.82) is 0 Å². The molecule has 1 aliphatic rings. The summed E-state index contributed by atoms with van der Waals surface area (Å²) in [5.41, 5.74) is 23.3. The highest BCUT2D eigenvalue weighted by atomic mass is 15.2. The lowest BCUT2D eigenvalue weighted by molar-refractivity contribution is 0.590. The zero-order valence-electron chi connectivity index (χ0n) is 47.9. The molecule has 0 atom stereocenters. The minimum atomic E-state index is -0.398. The van der Waals surface area contributed by atoms with Crippen LogP contribution in [-0.4, -0.2) is 14.1 Å². The summed E-state index contributed by atoms with van der Waals surface area (Å²) in [6, 6.07) is 90.5. The minimum Gasteiger partial charge on any atom is -0.354 e. The summed E-state index contributed by atoms with van der Waals surface area (Å²) >= 11 is 0. The molecule has 398 valence electrons. The Labute approximate surface area is 479 Å². The fraction of sp³-hybridized carbons (Fsp3) is 0.143. The molecule has 0 saturated carbocycles. The Morgan fingerprint density at radius 2 is 0.793 bits per heavy atom. The molecule has 5 heteroatoms. The van der Waals surface area contributed by atoms with Crippen molar-refractivity contribution in [3.8, 4) is 22.5 Å². The van der Waals surface area contributed by atoms with E-state index in [1.54, 1.807) is 0 Å². The number of H-pyrrole nitrogens is 1. The van der Waals surface area contributed by atoms with Gasteiger partial charge in [0.25, 0.3) is 0 Å². The van der Waals surface area contributed by atoms with Gasteiger partial charge in [-0.15, -0.1) is 0 Å². The van der Waals surface area contributed by atoms with Gasteiger partial charge in [0, 0.05) is 88.6 Å². The van der Waals surface area contributed by atoms with Gasteiger partial charge in [-0.25, -0.2) is 0 Å². The normalized spacial score (nSPS) is 13.2. The Morgan fingerprint density at radius 3 is 1.33 bits per heavy atom. The molecule has 0 unspecified atom stereocenters. The maximum atomic E-state index is 4.07. The van der Waals surface area contributed by atoms with Crippen molar-refractivity contribution in [2.75, 3.05) is 9.80 Å². The summed E-state index contributed by atoms with van der Waals surface area (Å²) < 4.78 is 4.80. The van der Waals surface area contributed by atoms with E-state index in [0.717, 1.165) is 56.5 Å². The van der Waals surface area contributed by atoms with Crippen molar-refractivity contribution in [1.82, 2.24) is 14.1 Å². The molecule has 0 amide bonds. The maximum absolute atomic E-state index is 4.07. The largest absolute Gasteiger partial charge is 0.354 e. The summed E-state index contributed by atoms with van der Waals surface area (Å²) in [6.07, 6.45) is 0. The van der Waals surface area contributed by atoms with Crippen LogP contribution in [0.1, 0.15) is 77.6 Å². The molecule has 0 radical (unpaired) electrons. The molecule has 11 aromatic carbocycles. The number of hydrogen-bond donors (Lipinski definition) is 1. The number of para-hydroxylation sites is 5. The molecule has 0 spiro atoms. The van der Waals surface area contributed by atoms with Crippen LogP contribution >= 0.6 is 0 Å². The van der Waals surface area contributed by atoms with Gasteiger partial charge in [-0.3, -0.25) is 0 Å². The van der Waals surface area contributed by atoms with Crippen molar-refractivity contribution >= 4 is 99.5 Å². The van der Waals surface area contributed by atoms with Gasteiger partial charge in [-0.2, -0.15) is 0 Å². The predicted molar refractivity (Wildman–Crippen MR) is 349 cm³/mol. The second kappa shape index (κ2) is 18.2. The fourth-order valence-corrected chi connectivity index (χ4v) is 13.5. The Hall–Kier alpha value is -9.58. The number of nitrogens with zero attached hydrogens (tertiary/aromatic N) is 4. The molecule has 0 saturated heterocycles. The minimum absolute atomic E-state index is 0.00510. The molecule has 3 aromatic heterocycles. The van der Waals surface area contributed by atoms with Gasteiger partial charge in [0.2, 0.25) is 0 Å². The maximum Gasteiger partial charge on any atom is 0.0569 e. The van der Waals surface area contributed by atoms with Gasteiger partial charge in [0.1, 0.15) is 0 Å². The molecular weight excluding hydrogens is 995 g/mol. The number of anilines is 6. The van der Waals surface area contributed by atoms with Crippen LogP contribution in [0.15, 0.2) is 243 Å². The predicted octanol–water partition coefficient (Wildman–Crippen LogP) is 21.4. The lowest BCUT2D eigenvalue weighted by Gasteiger charge is -2.30. The molecule has 3 heterocycles. The first-order valence-electron chi connectivity index (χ1n) is 28.9. The first-order chi connectivity index (χ1) is 39.7. The molecule has 0 fully saturated rings. The molecular formula is C77H65N5. The summed E-state index contributed by atoms with van der Waals surface area (Å²) in [6.45, 7) is 18.6. The first-order valence-corrected chi connectivity index (χ1v) is 28.9. The Morgan fingerprint density at radius 1 is 0.366 bits per heavy atom. The van der Waals surface area contributed by atoms with Crippen LogP contribution < -0.4 is 9.80 Å². The van der Waals surface area contributed by atoms with E-state index in [-0.39, 0.29) is 10.8 Å². The number of fused-ring (bicyclic) bond motifs is 13. The average Bonchev–Trinajstić information content (AvgIpc) is 4.41. The number of aromatic amines is 1. The summed E-state index contributed by atoms with van der Waals surface area (Å²) in [7, 11) is 0. The molecule has 82 heavy (non-hydrogen) atoms. The van der Waals surface area contributed by atoms with Crippen molar-refractivity contribution in [2.45, 2.75) is 71.6 Å². The van der Waals surface area contributed by atoms with Crippen molar-refractivity contribution in [2.24, 2.45) is 0 Å². The highest BCUT2D eigenvalue weighted by Gasteiger charge is 2.40. The van der Waals surface area contributed by atoms with Crippen molar-refractivity contribution in [3.05, 3.63) is 265 Å². The van der Waals surface area contributed by atoms with E-state index in [2.05, 4.69) is 322 Å². The lowest BCUT2D eigenvalue weighted by atomic mass is 9.81. The number of nitrogens with one attached hydrogen (secondary N) is 1. The standard InChI is InChI=1S/C77H65N5/c1-75(2,3)49-31-35-53(36-32-49)79(55-40-43-69-62(45-55)58-25-16-19-29-67(58)81(69)51-21-11-9-12-22-51)57-39-42-60-64(47-57)77(7,8)65-48-71(73-61-27-15-18-28-66(61)78-74(73)72(60)65)80(54-37-33-50(34-38-54)76(4,5)6)56-41-44-70-63(46-56)59-26-17-20-30-68(59)82(70)52-23-13-10-14-24-52/h9-48,78H,1-8H3. The van der Waals surface area contributed by atoms with Crippen LogP contribution in [0.2, 0.25) is 0 Å². The smallest absolute Gasteiger partial charge is 0.0569 e. The lowest BCUT2D eigenvalue weighted by Crippen LogP contribution is -2.18.